The summed E-state index contributed by atoms with van der Waals surface area (Å²) < 4.78 is 1.93. The molecular weight excluding hydrogens is 290 g/mol. The minimum atomic E-state index is -0.0338. The van der Waals surface area contributed by atoms with Crippen molar-refractivity contribution >= 4 is 6.03 Å². The summed E-state index contributed by atoms with van der Waals surface area (Å²) in [6, 6.07) is -0.00309. The highest BCUT2D eigenvalue weighted by Crippen LogP contribution is 2.25. The molecule has 0 aromatic carbocycles. The van der Waals surface area contributed by atoms with Crippen LogP contribution in [0.15, 0.2) is 12.5 Å². The van der Waals surface area contributed by atoms with Crippen molar-refractivity contribution in [2.45, 2.75) is 50.5 Å². The molecule has 23 heavy (non-hydrogen) atoms. The molecule has 1 aliphatic heterocycles. The number of nitrogens with one attached hydrogen (secondary N) is 1. The zero-order chi connectivity index (χ0) is 16.2. The Kier molecular flexibility index (Phi) is 5.20. The lowest BCUT2D eigenvalue weighted by atomic mass is 10.0. The zero-order valence-electron chi connectivity index (χ0n) is 14.1. The third kappa shape index (κ3) is 4.05. The van der Waals surface area contributed by atoms with Crippen molar-refractivity contribution in [3.63, 3.8) is 0 Å². The number of aryl methyl sites for hydroxylation is 1. The number of likely N-dealkylation sites (tertiary alicyclic amines) is 1. The molecule has 2 heterocycles. The van der Waals surface area contributed by atoms with Crippen molar-refractivity contribution in [3.05, 3.63) is 18.2 Å². The Balaban J connectivity index is 1.50. The van der Waals surface area contributed by atoms with E-state index in [-0.39, 0.29) is 18.0 Å². The van der Waals surface area contributed by atoms with Crippen molar-refractivity contribution < 1.29 is 4.79 Å². The highest BCUT2D eigenvalue weighted by molar-refractivity contribution is 5.74. The molecule has 1 saturated heterocycles. The van der Waals surface area contributed by atoms with Crippen molar-refractivity contribution in [2.24, 2.45) is 18.7 Å². The summed E-state index contributed by atoms with van der Waals surface area (Å²) in [6.07, 6.45) is 11.6. The monoisotopic (exact) mass is 319 g/mol. The SMILES string of the molecule is Cn1cnc([C@@H]2CN(C(=O)NCC3CCCCCC3)C[C@H]2N)c1. The van der Waals surface area contributed by atoms with E-state index in [1.807, 2.05) is 22.7 Å². The van der Waals surface area contributed by atoms with E-state index < -0.39 is 0 Å². The summed E-state index contributed by atoms with van der Waals surface area (Å²) in [5, 5.41) is 3.13. The fraction of sp³-hybridized carbons (Fsp3) is 0.765. The van der Waals surface area contributed by atoms with Gasteiger partial charge in [-0.25, -0.2) is 9.78 Å². The molecule has 128 valence electrons. The molecule has 1 aliphatic carbocycles. The van der Waals surface area contributed by atoms with Crippen LogP contribution in [0.25, 0.3) is 0 Å². The summed E-state index contributed by atoms with van der Waals surface area (Å²) in [6.45, 7) is 2.07. The molecule has 2 aliphatic rings. The van der Waals surface area contributed by atoms with Gasteiger partial charge in [0, 0.05) is 44.8 Å². The number of carbonyl (C=O) groups excluding carboxylic acids is 1. The van der Waals surface area contributed by atoms with Crippen molar-refractivity contribution in [2.75, 3.05) is 19.6 Å². The molecular formula is C17H29N5O. The van der Waals surface area contributed by atoms with E-state index in [0.717, 1.165) is 12.2 Å². The molecule has 0 spiro atoms. The minimum Gasteiger partial charge on any atom is -0.340 e. The lowest BCUT2D eigenvalue weighted by Gasteiger charge is -2.20. The van der Waals surface area contributed by atoms with Crippen LogP contribution in [0.3, 0.4) is 0 Å². The van der Waals surface area contributed by atoms with Gasteiger partial charge in [-0.15, -0.1) is 0 Å². The number of nitrogens with two attached hydrogens (primary N) is 1. The molecule has 1 saturated carbocycles. The first-order valence-electron chi connectivity index (χ1n) is 8.89. The van der Waals surface area contributed by atoms with E-state index >= 15 is 0 Å². The fourth-order valence-corrected chi connectivity index (χ4v) is 3.84. The summed E-state index contributed by atoms with van der Waals surface area (Å²) >= 11 is 0. The van der Waals surface area contributed by atoms with Crippen molar-refractivity contribution in [1.82, 2.24) is 19.8 Å². The molecule has 1 aromatic rings. The van der Waals surface area contributed by atoms with Crippen molar-refractivity contribution in [1.29, 1.82) is 0 Å². The molecule has 0 bridgehead atoms. The Morgan fingerprint density at radius 2 is 2.04 bits per heavy atom. The van der Waals surface area contributed by atoms with Gasteiger partial charge in [-0.2, -0.15) is 0 Å². The number of imidazole rings is 1. The molecule has 2 atom stereocenters. The van der Waals surface area contributed by atoms with Gasteiger partial charge in [0.1, 0.15) is 0 Å². The molecule has 0 radical (unpaired) electrons. The maximum absolute atomic E-state index is 12.4. The third-order valence-corrected chi connectivity index (χ3v) is 5.27. The third-order valence-electron chi connectivity index (χ3n) is 5.27. The second-order valence-electron chi connectivity index (χ2n) is 7.18. The second-order valence-corrected chi connectivity index (χ2v) is 7.18. The van der Waals surface area contributed by atoms with E-state index in [0.29, 0.717) is 19.0 Å². The summed E-state index contributed by atoms with van der Waals surface area (Å²) in [5.41, 5.74) is 7.22. The molecule has 2 amide bonds. The first kappa shape index (κ1) is 16.3. The van der Waals surface area contributed by atoms with Gasteiger partial charge >= 0.3 is 6.03 Å². The van der Waals surface area contributed by atoms with E-state index in [9.17, 15) is 4.79 Å². The van der Waals surface area contributed by atoms with E-state index in [1.54, 1.807) is 6.33 Å². The highest BCUT2D eigenvalue weighted by Gasteiger charge is 2.35. The Morgan fingerprint density at radius 1 is 1.30 bits per heavy atom. The molecule has 0 unspecified atom stereocenters. The molecule has 6 heteroatoms. The van der Waals surface area contributed by atoms with Crippen LogP contribution in [0.1, 0.15) is 50.1 Å². The molecule has 2 fully saturated rings. The summed E-state index contributed by atoms with van der Waals surface area (Å²) in [7, 11) is 1.95. The van der Waals surface area contributed by atoms with Gasteiger partial charge in [0.05, 0.1) is 12.0 Å². The van der Waals surface area contributed by atoms with Gasteiger partial charge in [-0.05, 0) is 18.8 Å². The van der Waals surface area contributed by atoms with Gasteiger partial charge in [0.25, 0.3) is 0 Å². The maximum atomic E-state index is 12.4. The predicted molar refractivity (Wildman–Crippen MR) is 90.1 cm³/mol. The fourth-order valence-electron chi connectivity index (χ4n) is 3.84. The molecule has 1 aromatic heterocycles. The zero-order valence-corrected chi connectivity index (χ0v) is 14.1. The first-order valence-corrected chi connectivity index (χ1v) is 8.89. The largest absolute Gasteiger partial charge is 0.340 e. The highest BCUT2D eigenvalue weighted by atomic mass is 16.2. The van der Waals surface area contributed by atoms with E-state index in [4.69, 9.17) is 5.73 Å². The topological polar surface area (TPSA) is 76.2 Å². The smallest absolute Gasteiger partial charge is 0.317 e. The Hall–Kier alpha value is -1.56. The van der Waals surface area contributed by atoms with Crippen LogP contribution in [0.2, 0.25) is 0 Å². The number of rotatable bonds is 3. The van der Waals surface area contributed by atoms with Gasteiger partial charge in [0.2, 0.25) is 0 Å². The van der Waals surface area contributed by atoms with Crippen LogP contribution in [0.4, 0.5) is 4.79 Å². The number of nitrogens with zero attached hydrogens (tertiary/aromatic N) is 3. The van der Waals surface area contributed by atoms with Gasteiger partial charge in [-0.1, -0.05) is 25.7 Å². The predicted octanol–water partition coefficient (Wildman–Crippen LogP) is 1.83. The average molecular weight is 319 g/mol. The molecule has 6 nitrogen and oxygen atoms in total. The number of amides is 2. The average Bonchev–Trinajstić information content (AvgIpc) is 3.02. The normalized spacial score (nSPS) is 26.3. The lowest BCUT2D eigenvalue weighted by Crippen LogP contribution is -2.41. The van der Waals surface area contributed by atoms with Crippen molar-refractivity contribution in [3.8, 4) is 0 Å². The summed E-state index contributed by atoms with van der Waals surface area (Å²) in [5.74, 6) is 0.782. The van der Waals surface area contributed by atoms with Crippen LogP contribution in [-0.4, -0.2) is 46.2 Å². The van der Waals surface area contributed by atoms with Gasteiger partial charge in [-0.3, -0.25) is 0 Å². The quantitative estimate of drug-likeness (QED) is 0.835. The number of hydrogen-bond donors (Lipinski definition) is 2. The molecule has 3 N–H and O–H groups in total. The Labute approximate surface area is 138 Å². The Morgan fingerprint density at radius 3 is 2.70 bits per heavy atom. The molecule has 3 rings (SSSR count). The number of aromatic nitrogens is 2. The first-order chi connectivity index (χ1) is 11.1. The maximum Gasteiger partial charge on any atom is 0.317 e. The van der Waals surface area contributed by atoms with E-state index in [2.05, 4.69) is 10.3 Å². The second kappa shape index (κ2) is 7.34. The minimum absolute atomic E-state index is 0.0307. The van der Waals surface area contributed by atoms with Crippen LogP contribution in [0, 0.1) is 5.92 Å². The van der Waals surface area contributed by atoms with Gasteiger partial charge in [0.15, 0.2) is 0 Å². The van der Waals surface area contributed by atoms with Crippen LogP contribution in [0.5, 0.6) is 0 Å². The summed E-state index contributed by atoms with van der Waals surface area (Å²) in [4.78, 5) is 18.7. The number of hydrogen-bond acceptors (Lipinski definition) is 3. The van der Waals surface area contributed by atoms with Crippen LogP contribution < -0.4 is 11.1 Å². The van der Waals surface area contributed by atoms with Gasteiger partial charge < -0.3 is 20.5 Å². The standard InChI is InChI=1S/C17H29N5O/c1-21-11-16(20-12-21)14-9-22(10-15(14)18)17(23)19-8-13-6-4-2-3-5-7-13/h11-15H,2-10,18H2,1H3,(H,19,23)/t14-,15-/m1/s1. The lowest BCUT2D eigenvalue weighted by molar-refractivity contribution is 0.205. The number of carbonyl (C=O) groups is 1. The van der Waals surface area contributed by atoms with Crippen LogP contribution >= 0.6 is 0 Å². The van der Waals surface area contributed by atoms with Crippen LogP contribution in [-0.2, 0) is 7.05 Å². The Bertz CT molecular complexity index is 521. The van der Waals surface area contributed by atoms with E-state index in [1.165, 1.54) is 38.5 Å². The number of urea groups is 1.